The van der Waals surface area contributed by atoms with Gasteiger partial charge in [0.1, 0.15) is 10.8 Å². The first kappa shape index (κ1) is 19.8. The second kappa shape index (κ2) is 8.49. The summed E-state index contributed by atoms with van der Waals surface area (Å²) in [5.74, 6) is -0.277. The summed E-state index contributed by atoms with van der Waals surface area (Å²) in [6, 6.07) is 9.84. The van der Waals surface area contributed by atoms with Gasteiger partial charge in [-0.25, -0.2) is 4.39 Å². The van der Waals surface area contributed by atoms with Crippen LogP contribution in [0.25, 0.3) is 0 Å². The molecule has 0 aliphatic carbocycles. The van der Waals surface area contributed by atoms with E-state index in [1.54, 1.807) is 23.5 Å². The smallest absolute Gasteiger partial charge is 0.291 e. The largest absolute Gasteiger partial charge is 0.459 e. The standard InChI is InChI=1S/C22H23FN2O3S/c1-14-15(2)29-22(24-21(26)18-4-3-11-28-18)19(14)20(25-9-12-27-13-10-25)16-5-7-17(23)8-6-16/h3-8,11,20H,9-10,12-13H2,1-2H3,(H,24,26)/t20-/m0/s1. The van der Waals surface area contributed by atoms with E-state index in [0.717, 1.165) is 39.7 Å². The number of rotatable bonds is 5. The Morgan fingerprint density at radius 2 is 1.90 bits per heavy atom. The Bertz CT molecular complexity index is 976. The molecule has 1 amide bonds. The number of nitrogens with one attached hydrogen (secondary N) is 1. The van der Waals surface area contributed by atoms with Crippen molar-refractivity contribution in [1.82, 2.24) is 4.90 Å². The fraction of sp³-hybridized carbons (Fsp3) is 0.318. The lowest BCUT2D eigenvalue weighted by atomic mass is 9.94. The van der Waals surface area contributed by atoms with Crippen molar-refractivity contribution in [3.63, 3.8) is 0 Å². The summed E-state index contributed by atoms with van der Waals surface area (Å²) in [4.78, 5) is 16.1. The number of anilines is 1. The summed E-state index contributed by atoms with van der Waals surface area (Å²) in [6.07, 6.45) is 1.48. The van der Waals surface area contributed by atoms with Gasteiger partial charge >= 0.3 is 0 Å². The maximum Gasteiger partial charge on any atom is 0.291 e. The Balaban J connectivity index is 1.77. The van der Waals surface area contributed by atoms with Crippen molar-refractivity contribution in [2.75, 3.05) is 31.6 Å². The molecule has 7 heteroatoms. The highest BCUT2D eigenvalue weighted by Gasteiger charge is 2.30. The van der Waals surface area contributed by atoms with E-state index in [2.05, 4.69) is 17.1 Å². The molecule has 0 unspecified atom stereocenters. The summed E-state index contributed by atoms with van der Waals surface area (Å²) >= 11 is 1.55. The van der Waals surface area contributed by atoms with Gasteiger partial charge in [0.05, 0.1) is 25.5 Å². The van der Waals surface area contributed by atoms with Crippen LogP contribution < -0.4 is 5.32 Å². The molecule has 0 saturated carbocycles. The molecule has 152 valence electrons. The number of thiophene rings is 1. The van der Waals surface area contributed by atoms with E-state index >= 15 is 0 Å². The molecule has 3 aromatic rings. The minimum absolute atomic E-state index is 0.101. The number of aryl methyl sites for hydroxylation is 1. The van der Waals surface area contributed by atoms with E-state index in [-0.39, 0.29) is 23.5 Å². The molecular weight excluding hydrogens is 391 g/mol. The molecule has 29 heavy (non-hydrogen) atoms. The number of carbonyl (C=O) groups excluding carboxylic acids is 1. The molecule has 5 nitrogen and oxygen atoms in total. The van der Waals surface area contributed by atoms with Crippen molar-refractivity contribution in [2.24, 2.45) is 0 Å². The van der Waals surface area contributed by atoms with Crippen LogP contribution in [0.5, 0.6) is 0 Å². The monoisotopic (exact) mass is 414 g/mol. The number of halogens is 1. The van der Waals surface area contributed by atoms with Crippen molar-refractivity contribution in [2.45, 2.75) is 19.9 Å². The Labute approximate surface area is 173 Å². The minimum atomic E-state index is -0.280. The van der Waals surface area contributed by atoms with Gasteiger partial charge < -0.3 is 14.5 Å². The molecule has 0 spiro atoms. The van der Waals surface area contributed by atoms with Crippen LogP contribution in [0.2, 0.25) is 0 Å². The predicted molar refractivity (Wildman–Crippen MR) is 111 cm³/mol. The van der Waals surface area contributed by atoms with Crippen LogP contribution in [0, 0.1) is 19.7 Å². The van der Waals surface area contributed by atoms with E-state index in [1.807, 2.05) is 19.1 Å². The Hall–Kier alpha value is -2.48. The fourth-order valence-corrected chi connectivity index (χ4v) is 4.77. The molecule has 3 heterocycles. The number of benzene rings is 1. The van der Waals surface area contributed by atoms with Crippen LogP contribution >= 0.6 is 11.3 Å². The van der Waals surface area contributed by atoms with E-state index in [9.17, 15) is 9.18 Å². The number of amides is 1. The maximum absolute atomic E-state index is 13.6. The summed E-state index contributed by atoms with van der Waals surface area (Å²) < 4.78 is 24.4. The van der Waals surface area contributed by atoms with E-state index in [4.69, 9.17) is 9.15 Å². The van der Waals surface area contributed by atoms with E-state index in [0.29, 0.717) is 13.2 Å². The first-order valence-electron chi connectivity index (χ1n) is 9.56. The van der Waals surface area contributed by atoms with Crippen molar-refractivity contribution >= 4 is 22.2 Å². The van der Waals surface area contributed by atoms with Crippen molar-refractivity contribution < 1.29 is 18.3 Å². The molecular formula is C22H23FN2O3S. The van der Waals surface area contributed by atoms with Gasteiger partial charge in [0.25, 0.3) is 5.91 Å². The van der Waals surface area contributed by atoms with Gasteiger partial charge in [-0.3, -0.25) is 9.69 Å². The zero-order chi connectivity index (χ0) is 20.4. The van der Waals surface area contributed by atoms with Crippen LogP contribution in [0.15, 0.2) is 47.1 Å². The zero-order valence-electron chi connectivity index (χ0n) is 16.4. The van der Waals surface area contributed by atoms with Gasteiger partial charge in [0, 0.05) is 23.5 Å². The number of hydrogen-bond donors (Lipinski definition) is 1. The van der Waals surface area contributed by atoms with Gasteiger partial charge in [-0.1, -0.05) is 12.1 Å². The van der Waals surface area contributed by atoms with Crippen molar-refractivity contribution in [1.29, 1.82) is 0 Å². The second-order valence-electron chi connectivity index (χ2n) is 7.06. The summed E-state index contributed by atoms with van der Waals surface area (Å²) in [7, 11) is 0. The van der Waals surface area contributed by atoms with Gasteiger partial charge in [0.15, 0.2) is 5.76 Å². The molecule has 1 aliphatic heterocycles. The maximum atomic E-state index is 13.6. The molecule has 0 radical (unpaired) electrons. The third-order valence-electron chi connectivity index (χ3n) is 5.27. The summed E-state index contributed by atoms with van der Waals surface area (Å²) in [5, 5.41) is 3.82. The van der Waals surface area contributed by atoms with Crippen LogP contribution in [-0.4, -0.2) is 37.1 Å². The molecule has 1 N–H and O–H groups in total. The predicted octanol–water partition coefficient (Wildman–Crippen LogP) is 4.77. The lowest BCUT2D eigenvalue weighted by Crippen LogP contribution is -2.39. The molecule has 1 saturated heterocycles. The Morgan fingerprint density at radius 1 is 1.17 bits per heavy atom. The summed E-state index contributed by atoms with van der Waals surface area (Å²) in [5.41, 5.74) is 3.16. The van der Waals surface area contributed by atoms with E-state index in [1.165, 1.54) is 18.4 Å². The number of morpholine rings is 1. The quantitative estimate of drug-likeness (QED) is 0.653. The van der Waals surface area contributed by atoms with Gasteiger partial charge in [-0.15, -0.1) is 11.3 Å². The highest BCUT2D eigenvalue weighted by Crippen LogP contribution is 2.42. The summed E-state index contributed by atoms with van der Waals surface area (Å²) in [6.45, 7) is 6.94. The first-order valence-corrected chi connectivity index (χ1v) is 10.4. The van der Waals surface area contributed by atoms with Crippen LogP contribution in [0.3, 0.4) is 0 Å². The fourth-order valence-electron chi connectivity index (χ4n) is 3.68. The third kappa shape index (κ3) is 4.12. The van der Waals surface area contributed by atoms with Crippen LogP contribution in [-0.2, 0) is 4.74 Å². The van der Waals surface area contributed by atoms with Gasteiger partial charge in [0.2, 0.25) is 0 Å². The number of hydrogen-bond acceptors (Lipinski definition) is 5. The lowest BCUT2D eigenvalue weighted by Gasteiger charge is -2.35. The van der Waals surface area contributed by atoms with Crippen LogP contribution in [0.1, 0.15) is 38.2 Å². The molecule has 0 bridgehead atoms. The van der Waals surface area contributed by atoms with E-state index < -0.39 is 0 Å². The average molecular weight is 415 g/mol. The van der Waals surface area contributed by atoms with Crippen molar-refractivity contribution in [3.8, 4) is 0 Å². The number of ether oxygens (including phenoxy) is 1. The number of nitrogens with zero attached hydrogens (tertiary/aromatic N) is 1. The molecule has 2 aromatic heterocycles. The Kier molecular flexibility index (Phi) is 5.80. The average Bonchev–Trinajstić information content (AvgIpc) is 3.35. The molecule has 1 aromatic carbocycles. The Morgan fingerprint density at radius 3 is 2.55 bits per heavy atom. The van der Waals surface area contributed by atoms with Crippen LogP contribution in [0.4, 0.5) is 9.39 Å². The lowest BCUT2D eigenvalue weighted by molar-refractivity contribution is 0.0240. The normalized spacial score (nSPS) is 16.0. The number of furan rings is 1. The van der Waals surface area contributed by atoms with Gasteiger partial charge in [-0.05, 0) is 49.2 Å². The topological polar surface area (TPSA) is 54.7 Å². The highest BCUT2D eigenvalue weighted by molar-refractivity contribution is 7.16. The number of carbonyl (C=O) groups is 1. The SMILES string of the molecule is Cc1sc(NC(=O)c2ccco2)c([C@H](c2ccc(F)cc2)N2CCOCC2)c1C. The molecule has 1 aliphatic rings. The molecule has 1 fully saturated rings. The second-order valence-corrected chi connectivity index (χ2v) is 8.28. The molecule has 4 rings (SSSR count). The van der Waals surface area contributed by atoms with Gasteiger partial charge in [-0.2, -0.15) is 0 Å². The highest BCUT2D eigenvalue weighted by atomic mass is 32.1. The molecule has 1 atom stereocenters. The van der Waals surface area contributed by atoms with Crippen molar-refractivity contribution in [3.05, 3.63) is 75.8 Å². The zero-order valence-corrected chi connectivity index (χ0v) is 17.2. The first-order chi connectivity index (χ1) is 14.0. The third-order valence-corrected chi connectivity index (χ3v) is 6.41. The minimum Gasteiger partial charge on any atom is -0.459 e.